The predicted molar refractivity (Wildman–Crippen MR) is 101 cm³/mol. The summed E-state index contributed by atoms with van der Waals surface area (Å²) in [6, 6.07) is 4.37. The number of carbonyl (C=O) groups is 1. The van der Waals surface area contributed by atoms with E-state index in [9.17, 15) is 18.8 Å². The third-order valence-corrected chi connectivity index (χ3v) is 4.09. The van der Waals surface area contributed by atoms with Crippen LogP contribution < -0.4 is 22.0 Å². The van der Waals surface area contributed by atoms with E-state index in [0.29, 0.717) is 18.4 Å². The maximum atomic E-state index is 14.2. The SMILES string of the molecule is Cc1ccc(Nc2c(C(=O)NOCCCCO)c(=O)n(C)c(=O)n2C)c(F)c1. The fourth-order valence-electron chi connectivity index (χ4n) is 2.50. The Morgan fingerprint density at radius 1 is 1.21 bits per heavy atom. The Kier molecular flexibility index (Phi) is 7.07. The molecule has 2 rings (SSSR count). The molecule has 152 valence electrons. The van der Waals surface area contributed by atoms with Crippen molar-refractivity contribution in [2.75, 3.05) is 18.5 Å². The lowest BCUT2D eigenvalue weighted by Crippen LogP contribution is -2.43. The molecule has 1 aromatic heterocycles. The number of carbonyl (C=O) groups excluding carboxylic acids is 1. The van der Waals surface area contributed by atoms with Gasteiger partial charge in [-0.05, 0) is 37.5 Å². The second kappa shape index (κ2) is 9.29. The van der Waals surface area contributed by atoms with E-state index in [1.165, 1.54) is 26.2 Å². The molecule has 0 unspecified atom stereocenters. The number of nitrogens with zero attached hydrogens (tertiary/aromatic N) is 2. The van der Waals surface area contributed by atoms with Crippen LogP contribution in [0.3, 0.4) is 0 Å². The highest BCUT2D eigenvalue weighted by atomic mass is 19.1. The molecule has 1 heterocycles. The monoisotopic (exact) mass is 394 g/mol. The van der Waals surface area contributed by atoms with Gasteiger partial charge in [0, 0.05) is 20.7 Å². The van der Waals surface area contributed by atoms with E-state index in [1.807, 2.05) is 0 Å². The summed E-state index contributed by atoms with van der Waals surface area (Å²) in [7, 11) is 2.59. The third-order valence-electron chi connectivity index (χ3n) is 4.09. The summed E-state index contributed by atoms with van der Waals surface area (Å²) in [5.41, 5.74) is 0.907. The van der Waals surface area contributed by atoms with Gasteiger partial charge in [0.15, 0.2) is 0 Å². The third kappa shape index (κ3) is 4.65. The van der Waals surface area contributed by atoms with Gasteiger partial charge in [-0.15, -0.1) is 0 Å². The van der Waals surface area contributed by atoms with Crippen molar-refractivity contribution in [3.05, 3.63) is 56.0 Å². The van der Waals surface area contributed by atoms with Gasteiger partial charge in [0.1, 0.15) is 17.2 Å². The Hall–Kier alpha value is -2.98. The zero-order valence-electron chi connectivity index (χ0n) is 15.9. The van der Waals surface area contributed by atoms with Crippen molar-refractivity contribution in [3.8, 4) is 0 Å². The summed E-state index contributed by atoms with van der Waals surface area (Å²) in [6.07, 6.45) is 0.999. The second-order valence-electron chi connectivity index (χ2n) is 6.25. The number of benzene rings is 1. The number of aliphatic hydroxyl groups is 1. The van der Waals surface area contributed by atoms with E-state index in [0.717, 1.165) is 9.13 Å². The number of amides is 1. The lowest BCUT2D eigenvalue weighted by Gasteiger charge is -2.17. The molecule has 0 saturated heterocycles. The molecule has 0 fully saturated rings. The molecule has 0 aliphatic rings. The summed E-state index contributed by atoms with van der Waals surface area (Å²) in [5, 5.41) is 11.4. The highest BCUT2D eigenvalue weighted by Gasteiger charge is 2.23. The molecule has 0 bridgehead atoms. The number of aromatic nitrogens is 2. The van der Waals surface area contributed by atoms with E-state index >= 15 is 0 Å². The van der Waals surface area contributed by atoms with E-state index in [2.05, 4.69) is 10.8 Å². The molecule has 0 atom stereocenters. The fourth-order valence-corrected chi connectivity index (χ4v) is 2.50. The van der Waals surface area contributed by atoms with Gasteiger partial charge in [0.25, 0.3) is 11.5 Å². The molecule has 1 amide bonds. The molecule has 28 heavy (non-hydrogen) atoms. The number of unbranched alkanes of at least 4 members (excludes halogenated alkanes) is 1. The van der Waals surface area contributed by atoms with Gasteiger partial charge in [0.2, 0.25) is 0 Å². The molecule has 0 saturated carbocycles. The summed E-state index contributed by atoms with van der Waals surface area (Å²) >= 11 is 0. The number of hydroxylamine groups is 1. The van der Waals surface area contributed by atoms with Gasteiger partial charge in [-0.1, -0.05) is 6.07 Å². The maximum absolute atomic E-state index is 14.2. The number of nitrogens with one attached hydrogen (secondary N) is 2. The molecule has 0 spiro atoms. The zero-order valence-corrected chi connectivity index (χ0v) is 15.9. The number of halogens is 1. The number of aliphatic hydroxyl groups excluding tert-OH is 1. The normalized spacial score (nSPS) is 10.8. The topological polar surface area (TPSA) is 115 Å². The summed E-state index contributed by atoms with van der Waals surface area (Å²) in [4.78, 5) is 42.3. The lowest BCUT2D eigenvalue weighted by molar-refractivity contribution is 0.0287. The summed E-state index contributed by atoms with van der Waals surface area (Å²) < 4.78 is 16.0. The summed E-state index contributed by atoms with van der Waals surface area (Å²) in [6.45, 7) is 1.84. The Morgan fingerprint density at radius 3 is 2.57 bits per heavy atom. The first kappa shape index (κ1) is 21.3. The molecule has 2 aromatic rings. The standard InChI is InChI=1S/C18H23FN4O5/c1-11-6-7-13(12(19)10-11)20-15-14(16(25)21-28-9-5-4-8-24)17(26)23(3)18(27)22(15)2/h6-7,10,20,24H,4-5,8-9H2,1-3H3,(H,21,25). The van der Waals surface area contributed by atoms with Gasteiger partial charge >= 0.3 is 5.69 Å². The molecule has 1 aromatic carbocycles. The predicted octanol–water partition coefficient (Wildman–Crippen LogP) is 0.709. The average Bonchev–Trinajstić information content (AvgIpc) is 2.66. The molecule has 0 radical (unpaired) electrons. The van der Waals surface area contributed by atoms with Crippen LogP contribution in [0.1, 0.15) is 28.8 Å². The number of rotatable bonds is 8. The van der Waals surface area contributed by atoms with Crippen molar-refractivity contribution in [1.29, 1.82) is 0 Å². The smallest absolute Gasteiger partial charge is 0.332 e. The molecular weight excluding hydrogens is 371 g/mol. The van der Waals surface area contributed by atoms with Crippen LogP contribution in [-0.2, 0) is 18.9 Å². The van der Waals surface area contributed by atoms with Crippen LogP contribution in [0.2, 0.25) is 0 Å². The highest BCUT2D eigenvalue weighted by Crippen LogP contribution is 2.21. The van der Waals surface area contributed by atoms with Crippen LogP contribution >= 0.6 is 0 Å². The van der Waals surface area contributed by atoms with Gasteiger partial charge in [-0.25, -0.2) is 14.7 Å². The average molecular weight is 394 g/mol. The molecule has 9 nitrogen and oxygen atoms in total. The van der Waals surface area contributed by atoms with Gasteiger partial charge in [0.05, 0.1) is 12.3 Å². The van der Waals surface area contributed by atoms with Crippen LogP contribution in [0.25, 0.3) is 0 Å². The Labute approximate surface area is 160 Å². The van der Waals surface area contributed by atoms with Crippen LogP contribution in [0.4, 0.5) is 15.9 Å². The number of anilines is 2. The molecule has 10 heteroatoms. The quantitative estimate of drug-likeness (QED) is 0.449. The van der Waals surface area contributed by atoms with Crippen molar-refractivity contribution in [3.63, 3.8) is 0 Å². The van der Waals surface area contributed by atoms with E-state index in [1.54, 1.807) is 13.0 Å². The Morgan fingerprint density at radius 2 is 1.93 bits per heavy atom. The minimum atomic E-state index is -0.879. The molecule has 0 aliphatic carbocycles. The zero-order chi connectivity index (χ0) is 20.8. The van der Waals surface area contributed by atoms with Crippen molar-refractivity contribution in [2.45, 2.75) is 19.8 Å². The van der Waals surface area contributed by atoms with Crippen molar-refractivity contribution in [2.24, 2.45) is 14.1 Å². The van der Waals surface area contributed by atoms with Gasteiger partial charge < -0.3 is 10.4 Å². The second-order valence-corrected chi connectivity index (χ2v) is 6.25. The van der Waals surface area contributed by atoms with Crippen LogP contribution in [-0.4, -0.2) is 33.4 Å². The minimum Gasteiger partial charge on any atom is -0.396 e. The van der Waals surface area contributed by atoms with Crippen LogP contribution in [0.15, 0.2) is 27.8 Å². The number of aryl methyl sites for hydroxylation is 1. The van der Waals surface area contributed by atoms with E-state index in [4.69, 9.17) is 9.94 Å². The molecule has 3 N–H and O–H groups in total. The Balaban J connectivity index is 2.42. The summed E-state index contributed by atoms with van der Waals surface area (Å²) in [5.74, 6) is -1.64. The maximum Gasteiger partial charge on any atom is 0.332 e. The van der Waals surface area contributed by atoms with Gasteiger partial charge in [-0.2, -0.15) is 0 Å². The van der Waals surface area contributed by atoms with Crippen molar-refractivity contribution >= 4 is 17.4 Å². The van der Waals surface area contributed by atoms with Crippen molar-refractivity contribution < 1.29 is 19.1 Å². The number of hydrogen-bond acceptors (Lipinski definition) is 6. The first-order chi connectivity index (χ1) is 13.3. The highest BCUT2D eigenvalue weighted by molar-refractivity contribution is 5.98. The fraction of sp³-hybridized carbons (Fsp3) is 0.389. The largest absolute Gasteiger partial charge is 0.396 e. The van der Waals surface area contributed by atoms with E-state index in [-0.39, 0.29) is 24.7 Å². The minimum absolute atomic E-state index is 0.00513. The Bertz CT molecular complexity index is 983. The molecule has 0 aliphatic heterocycles. The van der Waals surface area contributed by atoms with Crippen LogP contribution in [0.5, 0.6) is 0 Å². The number of hydrogen-bond donors (Lipinski definition) is 3. The van der Waals surface area contributed by atoms with Crippen molar-refractivity contribution in [1.82, 2.24) is 14.6 Å². The lowest BCUT2D eigenvalue weighted by atomic mass is 10.2. The van der Waals surface area contributed by atoms with Gasteiger partial charge in [-0.3, -0.25) is 23.6 Å². The first-order valence-corrected chi connectivity index (χ1v) is 8.64. The molecular formula is C18H23FN4O5. The first-order valence-electron chi connectivity index (χ1n) is 8.64. The van der Waals surface area contributed by atoms with E-state index < -0.39 is 28.5 Å². The van der Waals surface area contributed by atoms with Crippen LogP contribution in [0, 0.1) is 12.7 Å².